The van der Waals surface area contributed by atoms with Crippen LogP contribution in [-0.2, 0) is 11.3 Å². The van der Waals surface area contributed by atoms with Gasteiger partial charge in [0.2, 0.25) is 5.91 Å². The maximum atomic E-state index is 11.3. The van der Waals surface area contributed by atoms with Crippen LogP contribution >= 0.6 is 23.7 Å². The van der Waals surface area contributed by atoms with E-state index >= 15 is 0 Å². The third kappa shape index (κ3) is 4.61. The van der Waals surface area contributed by atoms with Crippen LogP contribution < -0.4 is 11.1 Å². The summed E-state index contributed by atoms with van der Waals surface area (Å²) in [6.07, 6.45) is 0. The quantitative estimate of drug-likeness (QED) is 0.884. The molecule has 1 heterocycles. The molecule has 0 aliphatic rings. The summed E-state index contributed by atoms with van der Waals surface area (Å²) in [4.78, 5) is 17.0. The Balaban J connectivity index is 0.00000256. The van der Waals surface area contributed by atoms with Crippen LogP contribution in [0.15, 0.2) is 0 Å². The summed E-state index contributed by atoms with van der Waals surface area (Å²) < 4.78 is 0. The lowest BCUT2D eigenvalue weighted by molar-refractivity contribution is -0.122. The molecular weight excluding hydrogens is 258 g/mol. The molecular formula is C11H20ClN3OS. The highest BCUT2D eigenvalue weighted by Gasteiger charge is 2.12. The van der Waals surface area contributed by atoms with E-state index in [9.17, 15) is 4.79 Å². The normalized spacial score (nSPS) is 12.1. The summed E-state index contributed by atoms with van der Waals surface area (Å²) in [6, 6.07) is -0.467. The van der Waals surface area contributed by atoms with E-state index in [0.717, 1.165) is 10.7 Å². The average Bonchev–Trinajstić information content (AvgIpc) is 2.56. The predicted octanol–water partition coefficient (Wildman–Crippen LogP) is 1.96. The molecule has 0 unspecified atom stereocenters. The number of nitrogens with zero attached hydrogens (tertiary/aromatic N) is 1. The molecule has 0 spiro atoms. The Labute approximate surface area is 112 Å². The summed E-state index contributed by atoms with van der Waals surface area (Å²) in [6.45, 7) is 8.43. The van der Waals surface area contributed by atoms with Crippen LogP contribution in [0.2, 0.25) is 0 Å². The number of hydrogen-bond acceptors (Lipinski definition) is 4. The lowest BCUT2D eigenvalue weighted by atomic mass is 10.1. The second-order valence-electron chi connectivity index (χ2n) is 4.21. The van der Waals surface area contributed by atoms with Gasteiger partial charge in [-0.2, -0.15) is 0 Å². The van der Waals surface area contributed by atoms with Gasteiger partial charge < -0.3 is 11.1 Å². The van der Waals surface area contributed by atoms with Crippen molar-refractivity contribution in [2.24, 2.45) is 5.73 Å². The van der Waals surface area contributed by atoms with Crippen LogP contribution in [0, 0.1) is 6.92 Å². The van der Waals surface area contributed by atoms with Crippen molar-refractivity contribution in [2.75, 3.05) is 0 Å². The lowest BCUT2D eigenvalue weighted by Gasteiger charge is -2.05. The second-order valence-corrected chi connectivity index (χ2v) is 5.50. The number of thiazole rings is 1. The van der Waals surface area contributed by atoms with Crippen molar-refractivity contribution < 1.29 is 4.79 Å². The number of carbonyl (C=O) groups excluding carboxylic acids is 1. The zero-order valence-corrected chi connectivity index (χ0v) is 12.2. The number of carbonyl (C=O) groups is 1. The van der Waals surface area contributed by atoms with Gasteiger partial charge in [-0.05, 0) is 19.8 Å². The van der Waals surface area contributed by atoms with Crippen molar-refractivity contribution in [1.82, 2.24) is 10.3 Å². The van der Waals surface area contributed by atoms with Crippen LogP contribution in [-0.4, -0.2) is 16.9 Å². The van der Waals surface area contributed by atoms with E-state index in [1.165, 1.54) is 4.88 Å². The Hall–Kier alpha value is -0.650. The molecule has 0 fully saturated rings. The number of aryl methyl sites for hydroxylation is 1. The molecule has 3 N–H and O–H groups in total. The maximum absolute atomic E-state index is 11.3. The molecule has 98 valence electrons. The molecule has 0 saturated carbocycles. The standard InChI is InChI=1S/C11H19N3OS.ClH/c1-6(2)10-8(4)16-9(14-10)5-13-11(15)7(3)12;/h6-7H,5,12H2,1-4H3,(H,13,15);1H/t7-;/m1./s1. The molecule has 1 aromatic rings. The van der Waals surface area contributed by atoms with Gasteiger partial charge in [-0.3, -0.25) is 4.79 Å². The van der Waals surface area contributed by atoms with Crippen molar-refractivity contribution in [3.63, 3.8) is 0 Å². The largest absolute Gasteiger partial charge is 0.348 e. The van der Waals surface area contributed by atoms with Gasteiger partial charge in [-0.1, -0.05) is 13.8 Å². The number of aromatic nitrogens is 1. The SMILES string of the molecule is Cc1sc(CNC(=O)[C@@H](C)N)nc1C(C)C.Cl. The summed E-state index contributed by atoms with van der Waals surface area (Å²) in [5, 5.41) is 3.70. The summed E-state index contributed by atoms with van der Waals surface area (Å²) in [5.41, 5.74) is 6.57. The predicted molar refractivity (Wildman–Crippen MR) is 73.7 cm³/mol. The molecule has 0 saturated heterocycles. The van der Waals surface area contributed by atoms with Crippen LogP contribution in [0.5, 0.6) is 0 Å². The van der Waals surface area contributed by atoms with E-state index in [4.69, 9.17) is 5.73 Å². The molecule has 1 aromatic heterocycles. The molecule has 1 atom stereocenters. The van der Waals surface area contributed by atoms with Crippen molar-refractivity contribution in [3.8, 4) is 0 Å². The van der Waals surface area contributed by atoms with Gasteiger partial charge >= 0.3 is 0 Å². The van der Waals surface area contributed by atoms with Crippen molar-refractivity contribution in [1.29, 1.82) is 0 Å². The van der Waals surface area contributed by atoms with E-state index in [-0.39, 0.29) is 18.3 Å². The molecule has 0 aliphatic heterocycles. The average molecular weight is 278 g/mol. The molecule has 0 bridgehead atoms. The Morgan fingerprint density at radius 1 is 1.47 bits per heavy atom. The second kappa shape index (κ2) is 6.93. The minimum atomic E-state index is -0.467. The zero-order valence-electron chi connectivity index (χ0n) is 10.6. The van der Waals surface area contributed by atoms with Crippen molar-refractivity contribution >= 4 is 29.7 Å². The molecule has 0 aliphatic carbocycles. The van der Waals surface area contributed by atoms with Gasteiger partial charge in [-0.25, -0.2) is 4.98 Å². The highest BCUT2D eigenvalue weighted by Crippen LogP contribution is 2.23. The monoisotopic (exact) mass is 277 g/mol. The van der Waals surface area contributed by atoms with Gasteiger partial charge in [0, 0.05) is 4.88 Å². The van der Waals surface area contributed by atoms with Crippen molar-refractivity contribution in [2.45, 2.75) is 46.2 Å². The van der Waals surface area contributed by atoms with Gasteiger partial charge in [-0.15, -0.1) is 23.7 Å². The fourth-order valence-electron chi connectivity index (χ4n) is 1.40. The minimum absolute atomic E-state index is 0. The summed E-state index contributed by atoms with van der Waals surface area (Å²) in [7, 11) is 0. The van der Waals surface area contributed by atoms with E-state index in [1.54, 1.807) is 18.3 Å². The highest BCUT2D eigenvalue weighted by molar-refractivity contribution is 7.11. The van der Waals surface area contributed by atoms with E-state index < -0.39 is 6.04 Å². The van der Waals surface area contributed by atoms with Crippen LogP contribution in [0.4, 0.5) is 0 Å². The van der Waals surface area contributed by atoms with E-state index in [2.05, 4.69) is 31.1 Å². The fourth-order valence-corrected chi connectivity index (χ4v) is 2.43. The topological polar surface area (TPSA) is 68.0 Å². The Morgan fingerprint density at radius 3 is 2.47 bits per heavy atom. The van der Waals surface area contributed by atoms with Crippen LogP contribution in [0.1, 0.15) is 42.3 Å². The smallest absolute Gasteiger partial charge is 0.236 e. The van der Waals surface area contributed by atoms with Gasteiger partial charge in [0.05, 0.1) is 18.3 Å². The first-order valence-corrected chi connectivity index (χ1v) is 6.23. The number of nitrogens with two attached hydrogens (primary N) is 1. The molecule has 1 amide bonds. The van der Waals surface area contributed by atoms with Crippen LogP contribution in [0.3, 0.4) is 0 Å². The number of nitrogens with one attached hydrogen (secondary N) is 1. The van der Waals surface area contributed by atoms with Gasteiger partial charge in [0.1, 0.15) is 5.01 Å². The highest BCUT2D eigenvalue weighted by atomic mass is 35.5. The first kappa shape index (κ1) is 16.4. The number of halogens is 1. The van der Waals surface area contributed by atoms with E-state index in [0.29, 0.717) is 12.5 Å². The molecule has 0 aromatic carbocycles. The summed E-state index contributed by atoms with van der Waals surface area (Å²) >= 11 is 1.63. The van der Waals surface area contributed by atoms with Gasteiger partial charge in [0.15, 0.2) is 0 Å². The van der Waals surface area contributed by atoms with E-state index in [1.807, 2.05) is 0 Å². The molecule has 17 heavy (non-hydrogen) atoms. The third-order valence-electron chi connectivity index (χ3n) is 2.25. The summed E-state index contributed by atoms with van der Waals surface area (Å²) in [5.74, 6) is 0.285. The third-order valence-corrected chi connectivity index (χ3v) is 3.24. The molecule has 1 rings (SSSR count). The molecule has 6 heteroatoms. The Bertz CT molecular complexity index is 377. The number of amides is 1. The number of hydrogen-bond donors (Lipinski definition) is 2. The minimum Gasteiger partial charge on any atom is -0.348 e. The van der Waals surface area contributed by atoms with Crippen LogP contribution in [0.25, 0.3) is 0 Å². The fraction of sp³-hybridized carbons (Fsp3) is 0.636. The maximum Gasteiger partial charge on any atom is 0.236 e. The van der Waals surface area contributed by atoms with Crippen molar-refractivity contribution in [3.05, 3.63) is 15.6 Å². The Kier molecular flexibility index (Phi) is 6.67. The number of rotatable bonds is 4. The molecule has 0 radical (unpaired) electrons. The van der Waals surface area contributed by atoms with Gasteiger partial charge in [0.25, 0.3) is 0 Å². The zero-order chi connectivity index (χ0) is 12.3. The lowest BCUT2D eigenvalue weighted by Crippen LogP contribution is -2.37. The first-order chi connectivity index (χ1) is 7.41. The molecule has 4 nitrogen and oxygen atoms in total. The first-order valence-electron chi connectivity index (χ1n) is 5.41. The Morgan fingerprint density at radius 2 is 2.06 bits per heavy atom.